The van der Waals surface area contributed by atoms with E-state index in [2.05, 4.69) is 65.6 Å². The Morgan fingerprint density at radius 1 is 0.863 bits per heavy atom. The molecule has 8 rings (SSSR count). The summed E-state index contributed by atoms with van der Waals surface area (Å²) < 4.78 is 82.0. The summed E-state index contributed by atoms with van der Waals surface area (Å²) >= 11 is 0. The van der Waals surface area contributed by atoms with Crippen LogP contribution < -0.4 is 32.4 Å². The molecule has 0 saturated carbocycles. The minimum absolute atomic E-state index is 0.00296. The third kappa shape index (κ3) is 24.3. The van der Waals surface area contributed by atoms with Gasteiger partial charge in [0.05, 0.1) is 30.9 Å². The monoisotopic (exact) mass is 1460 g/mol. The number of ether oxygens (including phenoxy) is 4. The number of hydrogen-bond donors (Lipinski definition) is 7. The average Bonchev–Trinajstić information content (AvgIpc) is 1.65. The zero-order valence-electron chi connectivity index (χ0n) is 54.1. The van der Waals surface area contributed by atoms with Gasteiger partial charge in [-0.3, -0.25) is 33.1 Å². The van der Waals surface area contributed by atoms with Gasteiger partial charge in [0.1, 0.15) is 60.5 Å². The molecule has 35 nitrogen and oxygen atoms in total. The van der Waals surface area contributed by atoms with Gasteiger partial charge < -0.3 is 63.7 Å². The lowest BCUT2D eigenvalue weighted by Gasteiger charge is -2.21. The number of nitrogens with zero attached hydrogens (tertiary/aromatic N) is 9. The number of nitrogens with two attached hydrogens (primary N) is 1. The van der Waals surface area contributed by atoms with Gasteiger partial charge >= 0.3 is 34.8 Å². The molecule has 0 bridgehead atoms. The van der Waals surface area contributed by atoms with E-state index in [0.29, 0.717) is 54.2 Å². The van der Waals surface area contributed by atoms with Crippen LogP contribution in [0, 0.1) is 18.8 Å². The molecule has 536 valence electrons. The maximum Gasteiger partial charge on any atom is 0.490 e. The standard InChI is InChI=1S/C64H67N12O23P3/c1-40-21-23-43-32-48(63(82)97-54(43)30-40)62-71-50-33-44(24-28-53(50)96-62)61(81)70-49(27-26-46(77)25-22-41-14-8-4-2-5-9-15-41)52(79)20-11-7-3-6-10-19-51(78)42-16-12-18-47(31-42)91-38-58(73-75-67)92-37-57(80)68-29-13-17-45-35-76(64(83)72-60(45)65)59-34-55(93-39-69-74-66)56(95-59)36-94-101(87,88)99-102(89,90)98-100(84,85)86/h2,4-5,8-9,12,14-16,18,21-25,28,30-33,35,49,55-56,58-59H,3,6-7,10-11,19-20,26-27,29,34,36-39H2,1H3,(H,68,80)(H,70,81)(H,87,88)(H,89,90)(H2,65,72,83)(H2,84,85,86)/b4-2+,5-2?,8-4?,9-5-,14-8+,15-9?,25-22+,41-14?,41-15+. The first kappa shape index (κ1) is 77.7. The molecule has 1 aliphatic heterocycles. The van der Waals surface area contributed by atoms with E-state index in [4.69, 9.17) is 48.8 Å². The number of aromatic nitrogens is 3. The molecule has 3 aromatic heterocycles. The largest absolute Gasteiger partial charge is 0.491 e. The van der Waals surface area contributed by atoms with E-state index >= 15 is 0 Å². The number of phosphoric acid groups is 3. The number of allylic oxidation sites excluding steroid dienone is 10. The van der Waals surface area contributed by atoms with Gasteiger partial charge in [0.15, 0.2) is 29.2 Å². The Morgan fingerprint density at radius 2 is 1.64 bits per heavy atom. The molecule has 1 saturated heterocycles. The summed E-state index contributed by atoms with van der Waals surface area (Å²) in [6.45, 7) is -1.05. The Kier molecular flexibility index (Phi) is 28.2. The van der Waals surface area contributed by atoms with Crippen molar-refractivity contribution in [2.75, 3.05) is 38.8 Å². The van der Waals surface area contributed by atoms with Crippen LogP contribution in [0.1, 0.15) is 102 Å². The summed E-state index contributed by atoms with van der Waals surface area (Å²) in [5, 5.41) is 12.7. The van der Waals surface area contributed by atoms with Crippen LogP contribution in [0.5, 0.6) is 5.75 Å². The summed E-state index contributed by atoms with van der Waals surface area (Å²) in [5.74, 6) is 3.15. The minimum atomic E-state index is -5.87. The summed E-state index contributed by atoms with van der Waals surface area (Å²) in [7, 11) is -17.2. The minimum Gasteiger partial charge on any atom is -0.491 e. The van der Waals surface area contributed by atoms with Gasteiger partial charge in [-0.2, -0.15) is 13.6 Å². The van der Waals surface area contributed by atoms with Crippen LogP contribution >= 0.6 is 23.5 Å². The van der Waals surface area contributed by atoms with Gasteiger partial charge in [-0.25, -0.2) is 28.3 Å². The van der Waals surface area contributed by atoms with E-state index in [9.17, 15) is 62.6 Å². The quantitative estimate of drug-likeness (QED) is 0.00220. The van der Waals surface area contributed by atoms with Crippen LogP contribution in [0.3, 0.4) is 0 Å². The summed E-state index contributed by atoms with van der Waals surface area (Å²) in [6, 6.07) is 16.9. The van der Waals surface area contributed by atoms with Crippen LogP contribution in [0.4, 0.5) is 5.82 Å². The Labute approximate surface area is 578 Å². The molecular weight excluding hydrogens is 1400 g/mol. The third-order valence-electron chi connectivity index (χ3n) is 14.9. The Balaban J connectivity index is 0.771. The fraction of sp³-hybridized carbons (Fsp3) is 0.328. The fourth-order valence-corrected chi connectivity index (χ4v) is 13.0. The Morgan fingerprint density at radius 3 is 2.42 bits per heavy atom. The second-order valence-corrected chi connectivity index (χ2v) is 26.9. The predicted molar refractivity (Wildman–Crippen MR) is 363 cm³/mol. The van der Waals surface area contributed by atoms with Crippen molar-refractivity contribution in [1.29, 1.82) is 0 Å². The number of nitrogens with one attached hydrogen (secondary N) is 2. The molecule has 4 heterocycles. The third-order valence-corrected chi connectivity index (χ3v) is 18.7. The molecule has 8 N–H and O–H groups in total. The number of azide groups is 2. The van der Waals surface area contributed by atoms with Crippen LogP contribution in [0.15, 0.2) is 162 Å². The molecule has 7 unspecified atom stereocenters. The number of amides is 2. The second-order valence-electron chi connectivity index (χ2n) is 22.4. The van der Waals surface area contributed by atoms with Crippen LogP contribution in [-0.4, -0.2) is 121 Å². The maximum atomic E-state index is 13.9. The molecule has 3 aromatic carbocycles. The first-order valence-corrected chi connectivity index (χ1v) is 35.6. The van der Waals surface area contributed by atoms with Crippen molar-refractivity contribution in [3.05, 3.63) is 197 Å². The van der Waals surface area contributed by atoms with Crippen molar-refractivity contribution in [2.24, 2.45) is 10.2 Å². The number of rotatable bonds is 37. The molecule has 6 aromatic rings. The highest BCUT2D eigenvalue weighted by molar-refractivity contribution is 7.66. The zero-order chi connectivity index (χ0) is 73.4. The number of anilines is 1. The first-order valence-electron chi connectivity index (χ1n) is 31.1. The highest BCUT2D eigenvalue weighted by Crippen LogP contribution is 2.66. The van der Waals surface area contributed by atoms with Gasteiger partial charge in [0.2, 0.25) is 11.8 Å². The van der Waals surface area contributed by atoms with Crippen molar-refractivity contribution < 1.29 is 98.2 Å². The van der Waals surface area contributed by atoms with Crippen LogP contribution in [0.25, 0.3) is 54.4 Å². The molecule has 2 amide bonds. The van der Waals surface area contributed by atoms with Gasteiger partial charge in [-0.05, 0) is 96.9 Å². The highest BCUT2D eigenvalue weighted by atomic mass is 31.3. The lowest BCUT2D eigenvalue weighted by molar-refractivity contribution is -0.128. The maximum absolute atomic E-state index is 13.9. The lowest BCUT2D eigenvalue weighted by Crippen LogP contribution is -2.41. The zero-order valence-corrected chi connectivity index (χ0v) is 56.8. The van der Waals surface area contributed by atoms with Crippen LogP contribution in [-0.2, 0) is 55.4 Å². The number of carbonyl (C=O) groups is 5. The number of fused-ring (bicyclic) bond motifs is 2. The lowest BCUT2D eigenvalue weighted by atomic mass is 9.98. The van der Waals surface area contributed by atoms with E-state index in [-0.39, 0.29) is 102 Å². The Hall–Kier alpha value is -10.1. The van der Waals surface area contributed by atoms with E-state index in [1.165, 1.54) is 30.3 Å². The van der Waals surface area contributed by atoms with Gasteiger partial charge in [0.25, 0.3) is 5.91 Å². The van der Waals surface area contributed by atoms with Crippen molar-refractivity contribution in [2.45, 2.75) is 102 Å². The van der Waals surface area contributed by atoms with E-state index in [1.54, 1.807) is 36.4 Å². The summed E-state index contributed by atoms with van der Waals surface area (Å²) in [6.07, 6.45) is 15.0. The summed E-state index contributed by atoms with van der Waals surface area (Å²) in [5.41, 5.74) is 25.5. The van der Waals surface area contributed by atoms with Crippen LogP contribution in [0.2, 0.25) is 0 Å². The molecule has 2 aliphatic rings. The topological polar surface area (TPSA) is 521 Å². The second kappa shape index (κ2) is 37.0. The van der Waals surface area contributed by atoms with Gasteiger partial charge in [0, 0.05) is 58.2 Å². The SMILES string of the molecule is Cc1ccc2cc(-c3nc4cc(C(=O)NC(CCC(=O)/C=C/C5=C/C=C\C=C\C=C\5)C(=O)CCCCCCCC(=O)c5cccc(OCC(N=[N+]=[N-])OCC(=O)NCC#Cc6cn(C7CC(OCN=[N+]=[N-])C(COP(=O)(O)OP(=O)(O)OP(=O)(O)O)O7)c(=O)nc6N)c5)ccc4o3)c(=O)oc2c1. The molecule has 0 radical (unpaired) electrons. The van der Waals surface area contributed by atoms with E-state index < -0.39 is 97.2 Å². The number of aryl methyl sites for hydroxylation is 1. The number of oxazole rings is 1. The Bertz CT molecular complexity index is 4730. The van der Waals surface area contributed by atoms with E-state index in [1.807, 2.05) is 61.6 Å². The van der Waals surface area contributed by atoms with E-state index in [0.717, 1.165) is 21.9 Å². The number of Topliss-reactive ketones (excluding diaryl/α,β-unsaturated/α-hetero) is 2. The molecule has 38 heteroatoms. The fourth-order valence-electron chi connectivity index (χ4n) is 10.0. The first-order chi connectivity index (χ1) is 48.7. The smallest absolute Gasteiger partial charge is 0.490 e. The predicted octanol–water partition coefficient (Wildman–Crippen LogP) is 9.33. The number of phosphoric ester groups is 1. The van der Waals surface area contributed by atoms with Crippen molar-refractivity contribution in [3.63, 3.8) is 0 Å². The van der Waals surface area contributed by atoms with Crippen molar-refractivity contribution >= 4 is 80.5 Å². The van der Waals surface area contributed by atoms with Gasteiger partial charge in [-0.15, -0.1) is 0 Å². The highest BCUT2D eigenvalue weighted by Gasteiger charge is 2.44. The number of benzene rings is 3. The molecule has 0 spiro atoms. The number of nitrogen functional groups attached to an aromatic ring is 1. The number of carbonyl (C=O) groups excluding carboxylic acids is 5. The molecule has 7 atom stereocenters. The average molecular weight is 1470 g/mol. The number of hydrogen-bond acceptors (Lipinski definition) is 24. The van der Waals surface area contributed by atoms with Gasteiger partial charge in [-0.1, -0.05) is 114 Å². The molecular formula is C64H67N12O23P3. The molecule has 1 aliphatic carbocycles. The normalized spacial score (nSPS) is 18.2. The number of unbranched alkanes of at least 4 members (excludes halogenated alkanes) is 4. The molecule has 102 heavy (non-hydrogen) atoms. The summed E-state index contributed by atoms with van der Waals surface area (Å²) in [4.78, 5) is 143. The number of ketones is 3. The van der Waals surface area contributed by atoms with Crippen molar-refractivity contribution in [3.8, 4) is 29.0 Å². The van der Waals surface area contributed by atoms with Crippen molar-refractivity contribution in [1.82, 2.24) is 25.2 Å². The molecule has 1 fully saturated rings.